The number of anilines is 1. The molecule has 7 nitrogen and oxygen atoms in total. The van der Waals surface area contributed by atoms with Crippen LogP contribution in [0.2, 0.25) is 0 Å². The van der Waals surface area contributed by atoms with Crippen molar-refractivity contribution in [3.8, 4) is 5.75 Å². The number of hydrogen-bond donors (Lipinski definition) is 1. The average molecular weight is 357 g/mol. The van der Waals surface area contributed by atoms with Gasteiger partial charge in [-0.15, -0.1) is 0 Å². The second-order valence-corrected chi connectivity index (χ2v) is 5.87. The SMILES string of the molecule is COc1ccccc1C(C)N(C)C(=O)CCNc1ccccc1[N+](=O)[O-]. The van der Waals surface area contributed by atoms with Crippen LogP contribution < -0.4 is 10.1 Å². The number of carbonyl (C=O) groups excluding carboxylic acids is 1. The van der Waals surface area contributed by atoms with Gasteiger partial charge in [0.1, 0.15) is 11.4 Å². The van der Waals surface area contributed by atoms with Gasteiger partial charge >= 0.3 is 0 Å². The third kappa shape index (κ3) is 4.50. The fraction of sp³-hybridized carbons (Fsp3) is 0.316. The molecule has 0 radical (unpaired) electrons. The lowest BCUT2D eigenvalue weighted by Gasteiger charge is -2.26. The molecule has 0 aliphatic rings. The van der Waals surface area contributed by atoms with Gasteiger partial charge < -0.3 is 15.0 Å². The number of amides is 1. The minimum Gasteiger partial charge on any atom is -0.496 e. The van der Waals surface area contributed by atoms with Crippen LogP contribution in [0, 0.1) is 10.1 Å². The van der Waals surface area contributed by atoms with Crippen LogP contribution in [0.4, 0.5) is 11.4 Å². The maximum absolute atomic E-state index is 12.5. The van der Waals surface area contributed by atoms with E-state index >= 15 is 0 Å². The van der Waals surface area contributed by atoms with Gasteiger partial charge in [-0.05, 0) is 19.1 Å². The summed E-state index contributed by atoms with van der Waals surface area (Å²) in [6.45, 7) is 2.25. The Bertz CT molecular complexity index is 779. The second kappa shape index (κ2) is 8.84. The Balaban J connectivity index is 1.96. The van der Waals surface area contributed by atoms with E-state index in [1.807, 2.05) is 31.2 Å². The molecule has 2 aromatic rings. The average Bonchev–Trinajstić information content (AvgIpc) is 2.66. The predicted octanol–water partition coefficient (Wildman–Crippen LogP) is 3.63. The number of hydrogen-bond acceptors (Lipinski definition) is 5. The number of methoxy groups -OCH3 is 1. The maximum Gasteiger partial charge on any atom is 0.292 e. The quantitative estimate of drug-likeness (QED) is 0.576. The standard InChI is InChI=1S/C19H23N3O4/c1-14(15-8-4-7-11-18(15)26-3)21(2)19(23)12-13-20-16-9-5-6-10-17(16)22(24)25/h4-11,14,20H,12-13H2,1-3H3. The topological polar surface area (TPSA) is 84.7 Å². The zero-order valence-electron chi connectivity index (χ0n) is 15.1. The van der Waals surface area contributed by atoms with Crippen molar-refractivity contribution in [3.05, 3.63) is 64.2 Å². The van der Waals surface area contributed by atoms with Crippen molar-refractivity contribution in [2.45, 2.75) is 19.4 Å². The third-order valence-corrected chi connectivity index (χ3v) is 4.32. The monoisotopic (exact) mass is 357 g/mol. The molecule has 1 unspecified atom stereocenters. The molecule has 0 saturated carbocycles. The van der Waals surface area contributed by atoms with Crippen molar-refractivity contribution in [3.63, 3.8) is 0 Å². The summed E-state index contributed by atoms with van der Waals surface area (Å²) in [7, 11) is 3.34. The highest BCUT2D eigenvalue weighted by atomic mass is 16.6. The van der Waals surface area contributed by atoms with E-state index in [-0.39, 0.29) is 24.1 Å². The largest absolute Gasteiger partial charge is 0.496 e. The van der Waals surface area contributed by atoms with Gasteiger partial charge in [-0.3, -0.25) is 14.9 Å². The van der Waals surface area contributed by atoms with Crippen molar-refractivity contribution in [2.75, 3.05) is 26.0 Å². The maximum atomic E-state index is 12.5. The summed E-state index contributed by atoms with van der Waals surface area (Å²) in [5.74, 6) is 0.673. The van der Waals surface area contributed by atoms with Crippen molar-refractivity contribution in [1.29, 1.82) is 0 Å². The van der Waals surface area contributed by atoms with E-state index in [4.69, 9.17) is 4.74 Å². The van der Waals surface area contributed by atoms with Crippen molar-refractivity contribution in [1.82, 2.24) is 4.90 Å². The van der Waals surface area contributed by atoms with E-state index in [0.29, 0.717) is 12.2 Å². The van der Waals surface area contributed by atoms with Crippen LogP contribution >= 0.6 is 0 Å². The normalized spacial score (nSPS) is 11.5. The molecule has 26 heavy (non-hydrogen) atoms. The highest BCUT2D eigenvalue weighted by molar-refractivity contribution is 5.77. The van der Waals surface area contributed by atoms with E-state index in [0.717, 1.165) is 11.3 Å². The highest BCUT2D eigenvalue weighted by Crippen LogP contribution is 2.28. The highest BCUT2D eigenvalue weighted by Gasteiger charge is 2.20. The lowest BCUT2D eigenvalue weighted by atomic mass is 10.1. The summed E-state index contributed by atoms with van der Waals surface area (Å²) in [6.07, 6.45) is 0.224. The molecule has 0 heterocycles. The summed E-state index contributed by atoms with van der Waals surface area (Å²) in [5, 5.41) is 14.0. The third-order valence-electron chi connectivity index (χ3n) is 4.32. The van der Waals surface area contributed by atoms with Crippen LogP contribution in [0.25, 0.3) is 0 Å². The number of carbonyl (C=O) groups is 1. The molecule has 0 aromatic heterocycles. The van der Waals surface area contributed by atoms with Crippen LogP contribution in [0.15, 0.2) is 48.5 Å². The number of rotatable bonds is 8. The smallest absolute Gasteiger partial charge is 0.292 e. The molecule has 138 valence electrons. The summed E-state index contributed by atoms with van der Waals surface area (Å²) in [4.78, 5) is 24.7. The Hall–Kier alpha value is -3.09. The van der Waals surface area contributed by atoms with Crippen molar-refractivity contribution < 1.29 is 14.5 Å². The summed E-state index contributed by atoms with van der Waals surface area (Å²) < 4.78 is 5.36. The Morgan fingerprint density at radius 1 is 1.23 bits per heavy atom. The van der Waals surface area contributed by atoms with Gasteiger partial charge in [0.2, 0.25) is 5.91 Å². The van der Waals surface area contributed by atoms with Crippen LogP contribution in [-0.4, -0.2) is 36.4 Å². The molecule has 0 bridgehead atoms. The van der Waals surface area contributed by atoms with Crippen molar-refractivity contribution in [2.24, 2.45) is 0 Å². The van der Waals surface area contributed by atoms with Gasteiger partial charge in [-0.1, -0.05) is 30.3 Å². The minimum absolute atomic E-state index is 0.00399. The zero-order valence-corrected chi connectivity index (χ0v) is 15.1. The van der Waals surface area contributed by atoms with Gasteiger partial charge in [-0.25, -0.2) is 0 Å². The molecule has 2 aromatic carbocycles. The molecule has 1 atom stereocenters. The molecule has 0 aliphatic heterocycles. The molecule has 1 N–H and O–H groups in total. The summed E-state index contributed by atoms with van der Waals surface area (Å²) >= 11 is 0. The molecular formula is C19H23N3O4. The van der Waals surface area contributed by atoms with E-state index in [9.17, 15) is 14.9 Å². The van der Waals surface area contributed by atoms with Gasteiger partial charge in [-0.2, -0.15) is 0 Å². The van der Waals surface area contributed by atoms with Crippen LogP contribution in [0.5, 0.6) is 5.75 Å². The fourth-order valence-corrected chi connectivity index (χ4v) is 2.70. The van der Waals surface area contributed by atoms with Gasteiger partial charge in [0.05, 0.1) is 18.1 Å². The number of benzene rings is 2. The first-order valence-corrected chi connectivity index (χ1v) is 8.31. The van der Waals surface area contributed by atoms with Crippen LogP contribution in [-0.2, 0) is 4.79 Å². The number of nitro groups is 1. The zero-order chi connectivity index (χ0) is 19.1. The van der Waals surface area contributed by atoms with E-state index < -0.39 is 4.92 Å². The summed E-state index contributed by atoms with van der Waals surface area (Å²) in [6, 6.07) is 13.8. The molecule has 0 aliphatic carbocycles. The van der Waals surface area contributed by atoms with Gasteiger partial charge in [0.25, 0.3) is 5.69 Å². The van der Waals surface area contributed by atoms with E-state index in [1.165, 1.54) is 6.07 Å². The number of nitro benzene ring substituents is 1. The molecule has 7 heteroatoms. The predicted molar refractivity (Wildman–Crippen MR) is 100 cm³/mol. The van der Waals surface area contributed by atoms with Crippen LogP contribution in [0.1, 0.15) is 24.9 Å². The lowest BCUT2D eigenvalue weighted by molar-refractivity contribution is -0.384. The molecule has 0 fully saturated rings. The Kier molecular flexibility index (Phi) is 6.54. The van der Waals surface area contributed by atoms with Gasteiger partial charge in [0.15, 0.2) is 0 Å². The molecule has 2 rings (SSSR count). The molecular weight excluding hydrogens is 334 g/mol. The fourth-order valence-electron chi connectivity index (χ4n) is 2.70. The molecule has 0 spiro atoms. The first kappa shape index (κ1) is 19.2. The minimum atomic E-state index is -0.444. The lowest BCUT2D eigenvalue weighted by Crippen LogP contribution is -2.31. The molecule has 0 saturated heterocycles. The van der Waals surface area contributed by atoms with Crippen molar-refractivity contribution >= 4 is 17.3 Å². The Morgan fingerprint density at radius 2 is 1.88 bits per heavy atom. The Morgan fingerprint density at radius 3 is 2.58 bits per heavy atom. The number of nitrogens with zero attached hydrogens (tertiary/aromatic N) is 2. The number of nitrogens with one attached hydrogen (secondary N) is 1. The second-order valence-electron chi connectivity index (χ2n) is 5.87. The first-order chi connectivity index (χ1) is 12.5. The molecule has 1 amide bonds. The van der Waals surface area contributed by atoms with E-state index in [1.54, 1.807) is 37.3 Å². The summed E-state index contributed by atoms with van der Waals surface area (Å²) in [5.41, 5.74) is 1.33. The van der Waals surface area contributed by atoms with Crippen LogP contribution in [0.3, 0.4) is 0 Å². The first-order valence-electron chi connectivity index (χ1n) is 8.31. The number of para-hydroxylation sites is 3. The van der Waals surface area contributed by atoms with E-state index in [2.05, 4.69) is 5.32 Å². The Labute approximate surface area is 152 Å². The number of ether oxygens (including phenoxy) is 1. The van der Waals surface area contributed by atoms with Gasteiger partial charge in [0, 0.05) is 31.6 Å².